The van der Waals surface area contributed by atoms with Crippen molar-refractivity contribution in [2.45, 2.75) is 44.6 Å². The van der Waals surface area contributed by atoms with E-state index in [-0.39, 0.29) is 11.4 Å². The van der Waals surface area contributed by atoms with Crippen LogP contribution in [-0.4, -0.2) is 38.3 Å². The number of carbonyl (C=O) groups excluding carboxylic acids is 1. The smallest absolute Gasteiger partial charge is 0.240 e. The molecule has 1 heterocycles. The number of methoxy groups -OCH3 is 1. The zero-order valence-corrected chi connectivity index (χ0v) is 10.5. The highest BCUT2D eigenvalue weighted by atomic mass is 16.5. The SMILES string of the molecule is CCCC1(C(=O)NCCCOC)CCCN1. The summed E-state index contributed by atoms with van der Waals surface area (Å²) in [5.74, 6) is 0.169. The summed E-state index contributed by atoms with van der Waals surface area (Å²) in [6.07, 6.45) is 4.93. The Bertz CT molecular complexity index is 213. The van der Waals surface area contributed by atoms with E-state index in [1.165, 1.54) is 0 Å². The van der Waals surface area contributed by atoms with Crippen molar-refractivity contribution in [3.63, 3.8) is 0 Å². The van der Waals surface area contributed by atoms with Gasteiger partial charge in [-0.05, 0) is 32.2 Å². The van der Waals surface area contributed by atoms with Crippen LogP contribution in [-0.2, 0) is 9.53 Å². The first-order valence-electron chi connectivity index (χ1n) is 6.27. The van der Waals surface area contributed by atoms with Crippen LogP contribution in [0, 0.1) is 0 Å². The van der Waals surface area contributed by atoms with Crippen LogP contribution in [0.25, 0.3) is 0 Å². The second kappa shape index (κ2) is 6.86. The van der Waals surface area contributed by atoms with E-state index >= 15 is 0 Å². The van der Waals surface area contributed by atoms with Crippen LogP contribution in [0.1, 0.15) is 39.0 Å². The summed E-state index contributed by atoms with van der Waals surface area (Å²) in [5.41, 5.74) is -0.290. The van der Waals surface area contributed by atoms with Gasteiger partial charge in [-0.25, -0.2) is 0 Å². The van der Waals surface area contributed by atoms with Gasteiger partial charge in [0.2, 0.25) is 5.91 Å². The zero-order valence-electron chi connectivity index (χ0n) is 10.5. The van der Waals surface area contributed by atoms with E-state index in [4.69, 9.17) is 4.74 Å². The molecule has 0 spiro atoms. The molecule has 94 valence electrons. The van der Waals surface area contributed by atoms with Gasteiger partial charge in [0, 0.05) is 20.3 Å². The number of carbonyl (C=O) groups is 1. The highest BCUT2D eigenvalue weighted by Gasteiger charge is 2.39. The summed E-state index contributed by atoms with van der Waals surface area (Å²) in [6.45, 7) is 4.50. The lowest BCUT2D eigenvalue weighted by atomic mass is 9.91. The highest BCUT2D eigenvalue weighted by Crippen LogP contribution is 2.24. The van der Waals surface area contributed by atoms with E-state index in [1.54, 1.807) is 7.11 Å². The van der Waals surface area contributed by atoms with Crippen LogP contribution in [0.4, 0.5) is 0 Å². The highest BCUT2D eigenvalue weighted by molar-refractivity contribution is 5.86. The molecule has 1 amide bonds. The van der Waals surface area contributed by atoms with Crippen LogP contribution in [0.2, 0.25) is 0 Å². The first kappa shape index (κ1) is 13.5. The molecule has 1 rings (SSSR count). The fraction of sp³-hybridized carbons (Fsp3) is 0.917. The Kier molecular flexibility index (Phi) is 5.77. The van der Waals surface area contributed by atoms with Crippen LogP contribution in [0.15, 0.2) is 0 Å². The molecule has 4 heteroatoms. The van der Waals surface area contributed by atoms with Crippen molar-refractivity contribution in [2.75, 3.05) is 26.8 Å². The Morgan fingerprint density at radius 3 is 2.94 bits per heavy atom. The lowest BCUT2D eigenvalue weighted by molar-refractivity contribution is -0.127. The van der Waals surface area contributed by atoms with Gasteiger partial charge in [0.25, 0.3) is 0 Å². The summed E-state index contributed by atoms with van der Waals surface area (Å²) in [5, 5.41) is 6.37. The lowest BCUT2D eigenvalue weighted by Gasteiger charge is -2.27. The van der Waals surface area contributed by atoms with E-state index in [9.17, 15) is 4.79 Å². The molecular formula is C12H24N2O2. The number of rotatable bonds is 7. The van der Waals surface area contributed by atoms with Crippen LogP contribution >= 0.6 is 0 Å². The minimum atomic E-state index is -0.290. The van der Waals surface area contributed by atoms with Crippen molar-refractivity contribution in [3.8, 4) is 0 Å². The van der Waals surface area contributed by atoms with Crippen molar-refractivity contribution < 1.29 is 9.53 Å². The first-order valence-corrected chi connectivity index (χ1v) is 6.27. The number of ether oxygens (including phenoxy) is 1. The molecule has 16 heavy (non-hydrogen) atoms. The fourth-order valence-electron chi connectivity index (χ4n) is 2.34. The van der Waals surface area contributed by atoms with Crippen molar-refractivity contribution in [2.24, 2.45) is 0 Å². The van der Waals surface area contributed by atoms with Crippen molar-refractivity contribution in [1.29, 1.82) is 0 Å². The van der Waals surface area contributed by atoms with Gasteiger partial charge in [-0.15, -0.1) is 0 Å². The quantitative estimate of drug-likeness (QED) is 0.641. The molecule has 0 aromatic carbocycles. The topological polar surface area (TPSA) is 50.4 Å². The second-order valence-electron chi connectivity index (χ2n) is 4.46. The van der Waals surface area contributed by atoms with E-state index in [0.29, 0.717) is 13.2 Å². The molecular weight excluding hydrogens is 204 g/mol. The maximum Gasteiger partial charge on any atom is 0.240 e. The Hall–Kier alpha value is -0.610. The van der Waals surface area contributed by atoms with Gasteiger partial charge in [0.05, 0.1) is 5.54 Å². The molecule has 1 atom stereocenters. The van der Waals surface area contributed by atoms with Crippen molar-refractivity contribution >= 4 is 5.91 Å². The Labute approximate surface area is 98.1 Å². The van der Waals surface area contributed by atoms with Gasteiger partial charge in [-0.2, -0.15) is 0 Å². The van der Waals surface area contributed by atoms with Crippen LogP contribution in [0.5, 0.6) is 0 Å². The summed E-state index contributed by atoms with van der Waals surface area (Å²) < 4.78 is 4.95. The average molecular weight is 228 g/mol. The Morgan fingerprint density at radius 1 is 1.56 bits per heavy atom. The number of hydrogen-bond acceptors (Lipinski definition) is 3. The molecule has 4 nitrogen and oxygen atoms in total. The molecule has 0 aliphatic carbocycles. The van der Waals surface area contributed by atoms with Gasteiger partial charge in [0.1, 0.15) is 0 Å². The van der Waals surface area contributed by atoms with Crippen LogP contribution in [0.3, 0.4) is 0 Å². The number of amides is 1. The van der Waals surface area contributed by atoms with Crippen LogP contribution < -0.4 is 10.6 Å². The maximum absolute atomic E-state index is 12.1. The maximum atomic E-state index is 12.1. The standard InChI is InChI=1S/C12H24N2O2/c1-3-6-12(7-4-9-14-12)11(15)13-8-5-10-16-2/h14H,3-10H2,1-2H3,(H,13,15). The third-order valence-corrected chi connectivity index (χ3v) is 3.17. The molecule has 0 bridgehead atoms. The van der Waals surface area contributed by atoms with E-state index in [1.807, 2.05) is 0 Å². The van der Waals surface area contributed by atoms with E-state index < -0.39 is 0 Å². The zero-order chi connectivity index (χ0) is 11.9. The van der Waals surface area contributed by atoms with Gasteiger partial charge >= 0.3 is 0 Å². The minimum absolute atomic E-state index is 0.169. The largest absolute Gasteiger partial charge is 0.385 e. The van der Waals surface area contributed by atoms with Gasteiger partial charge < -0.3 is 15.4 Å². The third-order valence-electron chi connectivity index (χ3n) is 3.17. The second-order valence-corrected chi connectivity index (χ2v) is 4.46. The van der Waals surface area contributed by atoms with Gasteiger partial charge in [0.15, 0.2) is 0 Å². The molecule has 0 aromatic heterocycles. The molecule has 2 N–H and O–H groups in total. The predicted octanol–water partition coefficient (Wildman–Crippen LogP) is 1.06. The lowest BCUT2D eigenvalue weighted by Crippen LogP contribution is -2.53. The fourth-order valence-corrected chi connectivity index (χ4v) is 2.34. The molecule has 1 saturated heterocycles. The molecule has 0 radical (unpaired) electrons. The van der Waals surface area contributed by atoms with Crippen molar-refractivity contribution in [1.82, 2.24) is 10.6 Å². The van der Waals surface area contributed by atoms with Gasteiger partial charge in [-0.3, -0.25) is 4.79 Å². The molecule has 0 saturated carbocycles. The molecule has 1 fully saturated rings. The normalized spacial score (nSPS) is 24.6. The summed E-state index contributed by atoms with van der Waals surface area (Å²) in [6, 6.07) is 0. The monoisotopic (exact) mass is 228 g/mol. The van der Waals surface area contributed by atoms with Crippen molar-refractivity contribution in [3.05, 3.63) is 0 Å². The Balaban J connectivity index is 2.36. The number of nitrogens with one attached hydrogen (secondary N) is 2. The molecule has 1 unspecified atom stereocenters. The summed E-state index contributed by atoms with van der Waals surface area (Å²) in [7, 11) is 1.68. The summed E-state index contributed by atoms with van der Waals surface area (Å²) >= 11 is 0. The Morgan fingerprint density at radius 2 is 2.38 bits per heavy atom. The molecule has 1 aliphatic heterocycles. The molecule has 1 aliphatic rings. The minimum Gasteiger partial charge on any atom is -0.385 e. The predicted molar refractivity (Wildman–Crippen MR) is 64.4 cm³/mol. The molecule has 0 aromatic rings. The average Bonchev–Trinajstić information content (AvgIpc) is 2.74. The third kappa shape index (κ3) is 3.46. The van der Waals surface area contributed by atoms with Gasteiger partial charge in [-0.1, -0.05) is 13.3 Å². The summed E-state index contributed by atoms with van der Waals surface area (Å²) in [4.78, 5) is 12.1. The van der Waals surface area contributed by atoms with E-state index in [0.717, 1.165) is 38.6 Å². The first-order chi connectivity index (χ1) is 7.75. The van der Waals surface area contributed by atoms with E-state index in [2.05, 4.69) is 17.6 Å². The number of hydrogen-bond donors (Lipinski definition) is 2.